The van der Waals surface area contributed by atoms with Gasteiger partial charge >= 0.3 is 0 Å². The number of anilines is 1. The molecular formula is C10H10BrN3O3S3. The standard InChI is InChI=1S/C10H10BrN3O3S3/c1-14(20(16,17)9-3-2-4-18-9)6-8(15)13-10-12-5-7(11)19-10/h2-5H,6H2,1H3,(H,12,13,15). The third-order valence-corrected chi connectivity index (χ3v) is 6.82. The van der Waals surface area contributed by atoms with Gasteiger partial charge in [-0.05, 0) is 27.4 Å². The highest BCUT2D eigenvalue weighted by Gasteiger charge is 2.24. The summed E-state index contributed by atoms with van der Waals surface area (Å²) in [5, 5.41) is 4.64. The summed E-state index contributed by atoms with van der Waals surface area (Å²) >= 11 is 5.60. The van der Waals surface area contributed by atoms with Crippen LogP contribution in [0, 0.1) is 0 Å². The van der Waals surface area contributed by atoms with E-state index in [1.165, 1.54) is 24.5 Å². The topological polar surface area (TPSA) is 79.4 Å². The minimum absolute atomic E-state index is 0.213. The summed E-state index contributed by atoms with van der Waals surface area (Å²) in [6, 6.07) is 3.16. The molecule has 1 N–H and O–H groups in total. The number of nitrogens with zero attached hydrogens (tertiary/aromatic N) is 2. The maximum atomic E-state index is 12.1. The first-order chi connectivity index (χ1) is 9.39. The normalized spacial score (nSPS) is 11.8. The van der Waals surface area contributed by atoms with Crippen LogP contribution in [0.5, 0.6) is 0 Å². The van der Waals surface area contributed by atoms with E-state index in [0.29, 0.717) is 5.13 Å². The SMILES string of the molecule is CN(CC(=O)Nc1ncc(Br)s1)S(=O)(=O)c1cccs1. The molecule has 6 nitrogen and oxygen atoms in total. The molecule has 20 heavy (non-hydrogen) atoms. The van der Waals surface area contributed by atoms with Crippen LogP contribution in [0.4, 0.5) is 5.13 Å². The van der Waals surface area contributed by atoms with Crippen LogP contribution < -0.4 is 5.32 Å². The molecule has 0 aliphatic rings. The van der Waals surface area contributed by atoms with E-state index in [-0.39, 0.29) is 10.8 Å². The number of rotatable bonds is 5. The van der Waals surface area contributed by atoms with E-state index in [4.69, 9.17) is 0 Å². The smallest absolute Gasteiger partial charge is 0.252 e. The van der Waals surface area contributed by atoms with Crippen LogP contribution in [0.1, 0.15) is 0 Å². The molecule has 1 amide bonds. The van der Waals surface area contributed by atoms with Gasteiger partial charge in [-0.1, -0.05) is 17.4 Å². The molecule has 0 saturated carbocycles. The second-order valence-corrected chi connectivity index (χ2v) is 9.34. The number of carbonyl (C=O) groups is 1. The van der Waals surface area contributed by atoms with Gasteiger partial charge in [0.25, 0.3) is 10.0 Å². The number of hydrogen-bond donors (Lipinski definition) is 1. The lowest BCUT2D eigenvalue weighted by Crippen LogP contribution is -2.34. The Bertz CT molecular complexity index is 696. The zero-order valence-corrected chi connectivity index (χ0v) is 14.3. The minimum atomic E-state index is -3.61. The first kappa shape index (κ1) is 15.6. The molecule has 0 saturated heterocycles. The van der Waals surface area contributed by atoms with E-state index in [9.17, 15) is 13.2 Å². The molecule has 2 rings (SSSR count). The predicted molar refractivity (Wildman–Crippen MR) is 82.6 cm³/mol. The molecule has 0 aliphatic heterocycles. The Morgan fingerprint density at radius 1 is 1.55 bits per heavy atom. The highest BCUT2D eigenvalue weighted by Crippen LogP contribution is 2.23. The molecular weight excluding hydrogens is 386 g/mol. The highest BCUT2D eigenvalue weighted by molar-refractivity contribution is 9.11. The maximum Gasteiger partial charge on any atom is 0.252 e. The van der Waals surface area contributed by atoms with Gasteiger partial charge in [-0.25, -0.2) is 13.4 Å². The average molecular weight is 396 g/mol. The Balaban J connectivity index is 2.01. The first-order valence-electron chi connectivity index (χ1n) is 5.30. The second-order valence-electron chi connectivity index (χ2n) is 3.71. The largest absolute Gasteiger partial charge is 0.301 e. The van der Waals surface area contributed by atoms with E-state index in [0.717, 1.165) is 19.4 Å². The lowest BCUT2D eigenvalue weighted by atomic mass is 10.6. The van der Waals surface area contributed by atoms with Crippen molar-refractivity contribution in [3.05, 3.63) is 27.5 Å². The summed E-state index contributed by atoms with van der Waals surface area (Å²) in [6.07, 6.45) is 1.56. The Labute approximate surface area is 132 Å². The van der Waals surface area contributed by atoms with Crippen LogP contribution in [-0.2, 0) is 14.8 Å². The van der Waals surface area contributed by atoms with Crippen LogP contribution in [0.25, 0.3) is 0 Å². The van der Waals surface area contributed by atoms with E-state index < -0.39 is 15.9 Å². The van der Waals surface area contributed by atoms with Gasteiger partial charge in [0.15, 0.2) is 5.13 Å². The summed E-state index contributed by atoms with van der Waals surface area (Å²) < 4.78 is 26.3. The molecule has 0 spiro atoms. The summed E-state index contributed by atoms with van der Waals surface area (Å²) in [5.74, 6) is -0.436. The van der Waals surface area contributed by atoms with Gasteiger partial charge in [-0.2, -0.15) is 4.31 Å². The van der Waals surface area contributed by atoms with Gasteiger partial charge in [0.1, 0.15) is 4.21 Å². The van der Waals surface area contributed by atoms with Crippen molar-refractivity contribution in [3.63, 3.8) is 0 Å². The molecule has 0 unspecified atom stereocenters. The number of thiazole rings is 1. The van der Waals surface area contributed by atoms with Crippen molar-refractivity contribution in [3.8, 4) is 0 Å². The number of thiophene rings is 1. The molecule has 2 aromatic rings. The van der Waals surface area contributed by atoms with Crippen molar-refractivity contribution < 1.29 is 13.2 Å². The Hall–Kier alpha value is -0.810. The Kier molecular flexibility index (Phi) is 4.91. The van der Waals surface area contributed by atoms with E-state index in [2.05, 4.69) is 26.2 Å². The van der Waals surface area contributed by atoms with Crippen LogP contribution in [0.3, 0.4) is 0 Å². The fraction of sp³-hybridized carbons (Fsp3) is 0.200. The third kappa shape index (κ3) is 3.64. The Morgan fingerprint density at radius 3 is 2.85 bits per heavy atom. The second kappa shape index (κ2) is 6.31. The number of likely N-dealkylation sites (N-methyl/N-ethyl adjacent to an activating group) is 1. The Morgan fingerprint density at radius 2 is 2.30 bits per heavy atom. The number of nitrogens with one attached hydrogen (secondary N) is 1. The van der Waals surface area contributed by atoms with Crippen molar-refractivity contribution in [2.24, 2.45) is 0 Å². The number of halogens is 1. The molecule has 0 aliphatic carbocycles. The quantitative estimate of drug-likeness (QED) is 0.841. The maximum absolute atomic E-state index is 12.1. The molecule has 0 atom stereocenters. The van der Waals surface area contributed by atoms with Gasteiger partial charge in [0.05, 0.1) is 16.5 Å². The van der Waals surface area contributed by atoms with Gasteiger partial charge in [0.2, 0.25) is 5.91 Å². The van der Waals surface area contributed by atoms with Crippen molar-refractivity contribution in [1.82, 2.24) is 9.29 Å². The zero-order chi connectivity index (χ0) is 14.8. The molecule has 10 heteroatoms. The van der Waals surface area contributed by atoms with Crippen LogP contribution in [-0.4, -0.2) is 37.2 Å². The van der Waals surface area contributed by atoms with Crippen molar-refractivity contribution in [2.45, 2.75) is 4.21 Å². The van der Waals surface area contributed by atoms with Crippen LogP contribution in [0.2, 0.25) is 0 Å². The zero-order valence-electron chi connectivity index (χ0n) is 10.2. The van der Waals surface area contributed by atoms with E-state index >= 15 is 0 Å². The summed E-state index contributed by atoms with van der Waals surface area (Å²) in [5.41, 5.74) is 0. The van der Waals surface area contributed by atoms with Crippen LogP contribution >= 0.6 is 38.6 Å². The molecule has 0 radical (unpaired) electrons. The number of sulfonamides is 1. The van der Waals surface area contributed by atoms with Crippen molar-refractivity contribution >= 4 is 59.7 Å². The van der Waals surface area contributed by atoms with Crippen molar-refractivity contribution in [2.75, 3.05) is 18.9 Å². The molecule has 0 fully saturated rings. The lowest BCUT2D eigenvalue weighted by molar-refractivity contribution is -0.116. The molecule has 108 valence electrons. The van der Waals surface area contributed by atoms with E-state index in [1.54, 1.807) is 17.6 Å². The fourth-order valence-electron chi connectivity index (χ4n) is 1.32. The summed E-state index contributed by atoms with van der Waals surface area (Å²) in [7, 11) is -2.25. The van der Waals surface area contributed by atoms with Gasteiger partial charge in [-0.15, -0.1) is 11.3 Å². The fourth-order valence-corrected chi connectivity index (χ4v) is 4.77. The molecule has 2 heterocycles. The third-order valence-electron chi connectivity index (χ3n) is 2.25. The number of aromatic nitrogens is 1. The molecule has 2 aromatic heterocycles. The first-order valence-corrected chi connectivity index (χ1v) is 9.23. The van der Waals surface area contributed by atoms with E-state index in [1.807, 2.05) is 0 Å². The lowest BCUT2D eigenvalue weighted by Gasteiger charge is -2.14. The summed E-state index contributed by atoms with van der Waals surface area (Å²) in [6.45, 7) is -0.266. The highest BCUT2D eigenvalue weighted by atomic mass is 79.9. The summed E-state index contributed by atoms with van der Waals surface area (Å²) in [4.78, 5) is 15.7. The molecule has 0 aromatic carbocycles. The predicted octanol–water partition coefficient (Wildman–Crippen LogP) is 2.23. The van der Waals surface area contributed by atoms with Crippen molar-refractivity contribution in [1.29, 1.82) is 0 Å². The van der Waals surface area contributed by atoms with Gasteiger partial charge in [0, 0.05) is 7.05 Å². The minimum Gasteiger partial charge on any atom is -0.301 e. The van der Waals surface area contributed by atoms with Gasteiger partial charge < -0.3 is 5.32 Å². The number of amides is 1. The number of hydrogen-bond acceptors (Lipinski definition) is 6. The number of carbonyl (C=O) groups excluding carboxylic acids is 1. The van der Waals surface area contributed by atoms with Crippen LogP contribution in [0.15, 0.2) is 31.7 Å². The molecule has 0 bridgehead atoms. The monoisotopic (exact) mass is 395 g/mol. The van der Waals surface area contributed by atoms with Gasteiger partial charge in [-0.3, -0.25) is 4.79 Å². The average Bonchev–Trinajstić information content (AvgIpc) is 3.00.